The van der Waals surface area contributed by atoms with Gasteiger partial charge in [0.25, 0.3) is 0 Å². The molecule has 3 aliphatic rings. The van der Waals surface area contributed by atoms with Crippen molar-refractivity contribution in [2.24, 2.45) is 17.4 Å². The van der Waals surface area contributed by atoms with Gasteiger partial charge in [0.1, 0.15) is 67.1 Å². The van der Waals surface area contributed by atoms with Crippen LogP contribution in [0.3, 0.4) is 0 Å². The maximum absolute atomic E-state index is 15.1. The normalized spacial score (nSPS) is 23.4. The van der Waals surface area contributed by atoms with Crippen LogP contribution in [-0.4, -0.2) is 253 Å². The van der Waals surface area contributed by atoms with E-state index in [9.17, 15) is 86.6 Å². The van der Waals surface area contributed by atoms with Gasteiger partial charge in [-0.3, -0.25) is 86.3 Å². The van der Waals surface area contributed by atoms with Crippen molar-refractivity contribution in [3.05, 3.63) is 0 Å². The molecule has 0 radical (unpaired) electrons. The molecule has 0 bridgehead atoms. The van der Waals surface area contributed by atoms with Gasteiger partial charge in [0.2, 0.25) is 70.9 Å². The van der Waals surface area contributed by atoms with Gasteiger partial charge in [-0.15, -0.1) is 0 Å². The molecule has 100 heavy (non-hydrogen) atoms. The summed E-state index contributed by atoms with van der Waals surface area (Å²) in [6.07, 6.45) is -17.8. The number of carbonyl (C=O) groups excluding carboxylic acids is 17. The van der Waals surface area contributed by atoms with Crippen LogP contribution in [0, 0.1) is 5.92 Å². The number of aliphatic carboxylic acids is 1. The van der Waals surface area contributed by atoms with Crippen molar-refractivity contribution in [3.8, 4) is 0 Å². The van der Waals surface area contributed by atoms with E-state index in [1.165, 1.54) is 0 Å². The zero-order chi connectivity index (χ0) is 75.6. The second-order valence-corrected chi connectivity index (χ2v) is 24.1. The number of amides is 12. The predicted molar refractivity (Wildman–Crippen MR) is 334 cm³/mol. The first-order chi connectivity index (χ1) is 46.7. The van der Waals surface area contributed by atoms with Crippen LogP contribution in [0.15, 0.2) is 0 Å². The number of hydrogen-bond donors (Lipinski definition) is 12. The minimum absolute atomic E-state index is 0.0439. The summed E-state index contributed by atoms with van der Waals surface area (Å²) in [5, 5.41) is 31.0. The highest BCUT2D eigenvalue weighted by atomic mass is 16.7. The Kier molecular flexibility index (Phi) is 34.1. The molecule has 17 atom stereocenters. The van der Waals surface area contributed by atoms with Gasteiger partial charge in [0, 0.05) is 74.8 Å². The number of nitrogens with zero attached hydrogens (tertiary/aromatic N) is 1. The van der Waals surface area contributed by atoms with Gasteiger partial charge in [-0.05, 0) is 51.9 Å². The number of carboxylic acid groups (broad SMARTS) is 1. The van der Waals surface area contributed by atoms with Crippen molar-refractivity contribution in [2.45, 2.75) is 232 Å². The highest BCUT2D eigenvalue weighted by Gasteiger charge is 2.55. The van der Waals surface area contributed by atoms with E-state index < -0.39 is 256 Å². The lowest BCUT2D eigenvalue weighted by Gasteiger charge is -2.47. The maximum atomic E-state index is 15.1. The molecule has 0 aliphatic carbocycles. The number of nitrogens with two attached hydrogens (primary N) is 2. The van der Waals surface area contributed by atoms with E-state index in [0.29, 0.717) is 6.42 Å². The lowest BCUT2D eigenvalue weighted by molar-refractivity contribution is -0.312. The van der Waals surface area contributed by atoms with Crippen molar-refractivity contribution in [1.29, 1.82) is 0 Å². The number of nitrogens with one attached hydrogen (secondary N) is 9. The second kappa shape index (κ2) is 40.4. The highest BCUT2D eigenvalue weighted by Crippen LogP contribution is 2.32. The Morgan fingerprint density at radius 3 is 1.52 bits per heavy atom. The molecular weight excluding hydrogens is 1340 g/mol. The second-order valence-electron chi connectivity index (χ2n) is 24.1. The van der Waals surface area contributed by atoms with Gasteiger partial charge >= 0.3 is 35.8 Å². The molecule has 3 heterocycles. The quantitative estimate of drug-likeness (QED) is 0.0203. The topological polar surface area (TPSA) is 574 Å². The number of esters is 5. The van der Waals surface area contributed by atoms with E-state index in [1.54, 1.807) is 13.8 Å². The highest BCUT2D eigenvalue weighted by molar-refractivity contribution is 5.98. The SMILES string of the molecule is CC(=O)N[C@H]1[C@@H](OC[C@H]2O[C@H](O[C@H](C)[C@H](NC(=O)[C@H](C)NC(=O)[C@H](CC(C)C)NC(=O)[C@H](CCC(=O)O)NC(C)=O)C(=O)N[C@@H](CCC(N)=O)C(=O)NCC(=O)N3CCC[C@H]3C(=O)NCC(N)=O)[C@H](NC(C)=O)[C@@H](OC(C)=O)[C@H]2OC(C)=O)O[C@H](COC(C)=O)[C@H](OC(C)=O)[C@@H]1OC(C)=O. The number of carboxylic acids is 1. The number of rotatable bonds is 37. The number of primary amides is 2. The Labute approximate surface area is 573 Å². The Morgan fingerprint density at radius 2 is 1.02 bits per heavy atom. The molecule has 40 heteroatoms. The average molecular weight is 1430 g/mol. The molecule has 0 saturated carbocycles. The number of hydrogen-bond acceptors (Lipinski definition) is 27. The summed E-state index contributed by atoms with van der Waals surface area (Å²) in [5.74, 6) is -17.9. The third-order valence-corrected chi connectivity index (χ3v) is 15.0. The van der Waals surface area contributed by atoms with E-state index in [2.05, 4.69) is 47.9 Å². The van der Waals surface area contributed by atoms with Crippen molar-refractivity contribution in [2.75, 3.05) is 32.8 Å². The average Bonchev–Trinajstić information content (AvgIpc) is 0.919. The van der Waals surface area contributed by atoms with E-state index >= 15 is 4.79 Å². The first-order valence-electron chi connectivity index (χ1n) is 31.8. The maximum Gasteiger partial charge on any atom is 0.303 e. The molecule has 3 rings (SSSR count). The number of ether oxygens (including phenoxy) is 9. The van der Waals surface area contributed by atoms with Crippen LogP contribution in [0.2, 0.25) is 0 Å². The third kappa shape index (κ3) is 28.3. The molecular formula is C60H92N12O28. The molecule has 3 saturated heterocycles. The van der Waals surface area contributed by atoms with Gasteiger partial charge < -0.3 is 112 Å². The van der Waals surface area contributed by atoms with Gasteiger partial charge in [0.15, 0.2) is 37.0 Å². The van der Waals surface area contributed by atoms with Crippen molar-refractivity contribution >= 4 is 107 Å². The smallest absolute Gasteiger partial charge is 0.303 e. The Bertz CT molecular complexity index is 3030. The summed E-state index contributed by atoms with van der Waals surface area (Å²) in [4.78, 5) is 236. The van der Waals surface area contributed by atoms with Crippen molar-refractivity contribution in [3.63, 3.8) is 0 Å². The molecule has 0 unspecified atom stereocenters. The molecule has 0 aromatic rings. The van der Waals surface area contributed by atoms with E-state index in [0.717, 1.165) is 74.1 Å². The minimum atomic E-state index is -2.14. The zero-order valence-corrected chi connectivity index (χ0v) is 57.4. The largest absolute Gasteiger partial charge is 0.481 e. The number of carbonyl (C=O) groups is 18. The van der Waals surface area contributed by atoms with Crippen LogP contribution in [-0.2, 0) is 129 Å². The minimum Gasteiger partial charge on any atom is -0.481 e. The van der Waals surface area contributed by atoms with Crippen LogP contribution >= 0.6 is 0 Å². The number of likely N-dealkylation sites (tertiary alicyclic amines) is 1. The van der Waals surface area contributed by atoms with Gasteiger partial charge in [-0.2, -0.15) is 0 Å². The summed E-state index contributed by atoms with van der Waals surface area (Å²) >= 11 is 0. The first kappa shape index (κ1) is 84.5. The molecule has 14 N–H and O–H groups in total. The summed E-state index contributed by atoms with van der Waals surface area (Å²) in [7, 11) is 0. The lowest BCUT2D eigenvalue weighted by atomic mass is 9.95. The molecule has 3 fully saturated rings. The fourth-order valence-electron chi connectivity index (χ4n) is 10.8. The van der Waals surface area contributed by atoms with Gasteiger partial charge in [-0.25, -0.2) is 0 Å². The standard InChI is InChI=1S/C60H92N12O28/c1-25(2)20-38(70-55(88)37(66-28(5)73)16-18-45(84)85)56(89)65-26(3)53(86)71-46(58(91)69-36(15-17-42(61)81)54(87)64-22-44(83)72-19-13-14-39(72)57(90)63-21-43(62)82)27(4)94-60-48(68-30(7)75)52(98-35(12)80)50(96-33(10)78)41(100-60)24-93-59-47(67-29(6)74)51(97-34(11)79)49(95-32(9)77)40(99-59)23-92-31(8)76/h25-27,36-41,46-52,59-60H,13-24H2,1-12H3,(H2,61,81)(H2,62,82)(H,63,90)(H,64,87)(H,65,89)(H,66,73)(H,67,74)(H,68,75)(H,69,91)(H,70,88)(H,71,86)(H,84,85)/t26-,27+,36-,37-,38-,39-,40+,41+,46-,47+,48+,49-,50-,51+,52+,59-,60-/m0/s1. The summed E-state index contributed by atoms with van der Waals surface area (Å²) < 4.78 is 52.8. The fraction of sp³-hybridized carbons (Fsp3) is 0.700. The van der Waals surface area contributed by atoms with E-state index in [4.69, 9.17) is 54.1 Å². The molecule has 0 aromatic heterocycles. The Morgan fingerprint density at radius 1 is 0.520 bits per heavy atom. The Balaban J connectivity index is 2.25. The molecule has 0 spiro atoms. The van der Waals surface area contributed by atoms with Crippen LogP contribution < -0.4 is 59.3 Å². The molecule has 0 aromatic carbocycles. The third-order valence-electron chi connectivity index (χ3n) is 15.0. The predicted octanol–water partition coefficient (Wildman–Crippen LogP) is -6.49. The molecule has 3 aliphatic heterocycles. The van der Waals surface area contributed by atoms with Crippen LogP contribution in [0.25, 0.3) is 0 Å². The summed E-state index contributed by atoms with van der Waals surface area (Å²) in [5.41, 5.74) is 10.6. The van der Waals surface area contributed by atoms with Gasteiger partial charge in [-0.1, -0.05) is 13.8 Å². The first-order valence-corrected chi connectivity index (χ1v) is 31.8. The van der Waals surface area contributed by atoms with Crippen molar-refractivity contribution < 1.29 is 134 Å². The Hall–Kier alpha value is -9.70. The fourth-order valence-corrected chi connectivity index (χ4v) is 10.8. The van der Waals surface area contributed by atoms with Crippen LogP contribution in [0.4, 0.5) is 0 Å². The van der Waals surface area contributed by atoms with Crippen LogP contribution in [0.1, 0.15) is 128 Å². The monoisotopic (exact) mass is 1430 g/mol. The lowest BCUT2D eigenvalue weighted by Crippen LogP contribution is -2.69. The van der Waals surface area contributed by atoms with E-state index in [1.807, 2.05) is 0 Å². The molecule has 40 nitrogen and oxygen atoms in total. The summed E-state index contributed by atoms with van der Waals surface area (Å²) in [6.45, 7) is 10.7. The van der Waals surface area contributed by atoms with Crippen LogP contribution in [0.5, 0.6) is 0 Å². The molecule has 12 amide bonds. The van der Waals surface area contributed by atoms with Gasteiger partial charge in [0.05, 0.1) is 25.8 Å². The van der Waals surface area contributed by atoms with E-state index in [-0.39, 0.29) is 31.7 Å². The zero-order valence-electron chi connectivity index (χ0n) is 57.4. The summed E-state index contributed by atoms with van der Waals surface area (Å²) in [6, 6.07) is -13.0. The molecule has 560 valence electrons. The van der Waals surface area contributed by atoms with Crippen molar-refractivity contribution in [1.82, 2.24) is 52.8 Å².